The summed E-state index contributed by atoms with van der Waals surface area (Å²) in [6, 6.07) is 20.4. The minimum absolute atomic E-state index is 0.110. The molecule has 0 aliphatic heterocycles. The van der Waals surface area contributed by atoms with Crippen LogP contribution in [0.25, 0.3) is 10.8 Å². The Balaban J connectivity index is 1.95. The number of ether oxygens (including phenoxy) is 1. The van der Waals surface area contributed by atoms with Crippen molar-refractivity contribution < 1.29 is 13.9 Å². The zero-order chi connectivity index (χ0) is 21.1. The first kappa shape index (κ1) is 20.7. The Morgan fingerprint density at radius 3 is 2.31 bits per heavy atom. The topological polar surface area (TPSA) is 38.7 Å². The van der Waals surface area contributed by atoms with Gasteiger partial charge in [0.2, 0.25) is 0 Å². The smallest absolute Gasteiger partial charge is 0.334 e. The summed E-state index contributed by atoms with van der Waals surface area (Å²) in [6.07, 6.45) is 1.77. The predicted molar refractivity (Wildman–Crippen MR) is 116 cm³/mol. The summed E-state index contributed by atoms with van der Waals surface area (Å²) < 4.78 is 19.9. The Kier molecular flexibility index (Phi) is 5.83. The van der Waals surface area contributed by atoms with Crippen LogP contribution < -0.4 is 0 Å². The summed E-state index contributed by atoms with van der Waals surface area (Å²) in [6.45, 7) is 7.11. The van der Waals surface area contributed by atoms with E-state index in [1.165, 1.54) is 6.07 Å². The van der Waals surface area contributed by atoms with Gasteiger partial charge in [0.1, 0.15) is 11.4 Å². The summed E-state index contributed by atoms with van der Waals surface area (Å²) in [4.78, 5) is 17.6. The van der Waals surface area contributed by atoms with Crippen LogP contribution >= 0.6 is 0 Å². The third kappa shape index (κ3) is 5.29. The molecule has 4 heteroatoms. The molecule has 1 atom stereocenters. The molecule has 3 nitrogen and oxygen atoms in total. The molecular formula is C25H26FNO2. The van der Waals surface area contributed by atoms with Crippen LogP contribution in [-0.2, 0) is 16.0 Å². The Labute approximate surface area is 171 Å². The molecule has 0 N–H and O–H groups in total. The van der Waals surface area contributed by atoms with Gasteiger partial charge in [0.05, 0.1) is 0 Å². The molecule has 3 aromatic carbocycles. The van der Waals surface area contributed by atoms with E-state index in [-0.39, 0.29) is 12.2 Å². The number of nitrogens with zero attached hydrogens (tertiary/aromatic N) is 1. The maximum Gasteiger partial charge on any atom is 0.334 e. The van der Waals surface area contributed by atoms with Crippen molar-refractivity contribution in [3.8, 4) is 0 Å². The van der Waals surface area contributed by atoms with Crippen LogP contribution in [0.1, 0.15) is 38.8 Å². The number of hydrogen-bond donors (Lipinski definition) is 0. The second kappa shape index (κ2) is 8.16. The van der Waals surface area contributed by atoms with Gasteiger partial charge in [-0.3, -0.25) is 4.99 Å². The first-order valence-corrected chi connectivity index (χ1v) is 9.67. The lowest BCUT2D eigenvalue weighted by molar-refractivity contribution is -0.160. The second-order valence-electron chi connectivity index (χ2n) is 8.41. The van der Waals surface area contributed by atoms with Crippen molar-refractivity contribution >= 4 is 23.0 Å². The Morgan fingerprint density at radius 1 is 0.966 bits per heavy atom. The van der Waals surface area contributed by atoms with Crippen LogP contribution in [0, 0.1) is 5.82 Å². The number of halogens is 1. The number of carbonyl (C=O) groups excluding carboxylic acids is 1. The lowest BCUT2D eigenvalue weighted by Gasteiger charge is -2.29. The first-order chi connectivity index (χ1) is 13.7. The molecule has 0 aliphatic carbocycles. The van der Waals surface area contributed by atoms with Crippen LogP contribution in [-0.4, -0.2) is 23.3 Å². The van der Waals surface area contributed by atoms with Gasteiger partial charge < -0.3 is 4.74 Å². The Morgan fingerprint density at radius 2 is 1.62 bits per heavy atom. The van der Waals surface area contributed by atoms with E-state index >= 15 is 0 Å². The predicted octanol–water partition coefficient (Wildman–Crippen LogP) is 5.74. The highest BCUT2D eigenvalue weighted by atomic mass is 19.1. The lowest BCUT2D eigenvalue weighted by Crippen LogP contribution is -2.41. The van der Waals surface area contributed by atoms with Gasteiger partial charge in [-0.1, -0.05) is 54.6 Å². The van der Waals surface area contributed by atoms with Crippen LogP contribution in [0.15, 0.2) is 71.7 Å². The second-order valence-corrected chi connectivity index (χ2v) is 8.41. The zero-order valence-electron chi connectivity index (χ0n) is 17.3. The molecule has 0 unspecified atom stereocenters. The molecule has 0 amide bonds. The molecular weight excluding hydrogens is 365 g/mol. The van der Waals surface area contributed by atoms with Gasteiger partial charge in [0, 0.05) is 12.6 Å². The van der Waals surface area contributed by atoms with Gasteiger partial charge in [-0.25, -0.2) is 9.18 Å². The van der Waals surface area contributed by atoms with Gasteiger partial charge in [-0.15, -0.1) is 0 Å². The summed E-state index contributed by atoms with van der Waals surface area (Å²) in [7, 11) is 0. The van der Waals surface area contributed by atoms with E-state index in [0.29, 0.717) is 5.56 Å². The molecule has 0 heterocycles. The average Bonchev–Trinajstić information content (AvgIpc) is 2.67. The maximum atomic E-state index is 14.3. The molecule has 0 saturated heterocycles. The van der Waals surface area contributed by atoms with Crippen molar-refractivity contribution in [3.05, 3.63) is 83.7 Å². The molecule has 0 radical (unpaired) electrons. The largest absolute Gasteiger partial charge is 0.458 e. The molecule has 0 bridgehead atoms. The monoisotopic (exact) mass is 391 g/mol. The van der Waals surface area contributed by atoms with Crippen molar-refractivity contribution in [2.45, 2.75) is 45.3 Å². The van der Waals surface area contributed by atoms with Crippen LogP contribution in [0.4, 0.5) is 4.39 Å². The number of carbonyl (C=O) groups is 1. The number of fused-ring (bicyclic) bond motifs is 1. The lowest BCUT2D eigenvalue weighted by atomic mass is 9.92. The van der Waals surface area contributed by atoms with Crippen LogP contribution in [0.2, 0.25) is 0 Å². The van der Waals surface area contributed by atoms with Crippen molar-refractivity contribution in [2.24, 2.45) is 4.99 Å². The van der Waals surface area contributed by atoms with E-state index < -0.39 is 17.1 Å². The highest BCUT2D eigenvalue weighted by molar-refractivity contribution is 5.92. The molecule has 3 rings (SSSR count). The standard InChI is InChI=1S/C25H26FNO2/c1-24(2,3)29-23(28)25(4,16-21-11-7-8-12-22(21)26)27-17-18-13-14-19-9-5-6-10-20(19)15-18/h5-15,17H,16H2,1-4H3/t25-/m0/s1. The summed E-state index contributed by atoms with van der Waals surface area (Å²) >= 11 is 0. The third-order valence-corrected chi connectivity index (χ3v) is 4.60. The van der Waals surface area contributed by atoms with E-state index in [2.05, 4.69) is 4.99 Å². The van der Waals surface area contributed by atoms with Crippen molar-refractivity contribution in [3.63, 3.8) is 0 Å². The number of rotatable bonds is 5. The SMILES string of the molecule is CC(C)(C)OC(=O)[C@](C)(Cc1ccccc1F)N=Cc1ccc2ccccc2c1. The van der Waals surface area contributed by atoms with E-state index in [0.717, 1.165) is 16.3 Å². The van der Waals surface area contributed by atoms with Crippen molar-refractivity contribution in [1.29, 1.82) is 0 Å². The van der Waals surface area contributed by atoms with Crippen molar-refractivity contribution in [2.75, 3.05) is 0 Å². The minimum Gasteiger partial charge on any atom is -0.458 e. The molecule has 0 aliphatic rings. The van der Waals surface area contributed by atoms with Crippen LogP contribution in [0.5, 0.6) is 0 Å². The molecule has 0 fully saturated rings. The average molecular weight is 391 g/mol. The van der Waals surface area contributed by atoms with Gasteiger partial charge in [-0.05, 0) is 61.7 Å². The van der Waals surface area contributed by atoms with E-state index in [1.807, 2.05) is 63.2 Å². The van der Waals surface area contributed by atoms with Gasteiger partial charge in [0.15, 0.2) is 5.54 Å². The molecule has 0 aromatic heterocycles. The fourth-order valence-electron chi connectivity index (χ4n) is 3.08. The van der Waals surface area contributed by atoms with Gasteiger partial charge >= 0.3 is 5.97 Å². The van der Waals surface area contributed by atoms with E-state index in [1.54, 1.807) is 31.3 Å². The highest BCUT2D eigenvalue weighted by Gasteiger charge is 2.37. The highest BCUT2D eigenvalue weighted by Crippen LogP contribution is 2.25. The molecule has 0 saturated carbocycles. The number of aliphatic imine (C=N–C) groups is 1. The summed E-state index contributed by atoms with van der Waals surface area (Å²) in [5.41, 5.74) is -0.615. The molecule has 0 spiro atoms. The van der Waals surface area contributed by atoms with Crippen LogP contribution in [0.3, 0.4) is 0 Å². The fraction of sp³-hybridized carbons (Fsp3) is 0.280. The fourth-order valence-corrected chi connectivity index (χ4v) is 3.08. The quantitative estimate of drug-likeness (QED) is 0.411. The van der Waals surface area contributed by atoms with E-state index in [4.69, 9.17) is 4.74 Å². The minimum atomic E-state index is -1.25. The van der Waals surface area contributed by atoms with Crippen molar-refractivity contribution in [1.82, 2.24) is 0 Å². The summed E-state index contributed by atoms with van der Waals surface area (Å²) in [5, 5.41) is 2.22. The third-order valence-electron chi connectivity index (χ3n) is 4.60. The number of esters is 1. The molecule has 29 heavy (non-hydrogen) atoms. The molecule has 3 aromatic rings. The number of benzene rings is 3. The maximum absolute atomic E-state index is 14.3. The summed E-state index contributed by atoms with van der Waals surface area (Å²) in [5.74, 6) is -0.839. The van der Waals surface area contributed by atoms with E-state index in [9.17, 15) is 9.18 Å². The number of hydrogen-bond acceptors (Lipinski definition) is 3. The zero-order valence-corrected chi connectivity index (χ0v) is 17.3. The van der Waals surface area contributed by atoms with Gasteiger partial charge in [-0.2, -0.15) is 0 Å². The van der Waals surface area contributed by atoms with Gasteiger partial charge in [0.25, 0.3) is 0 Å². The molecule has 150 valence electrons. The Bertz CT molecular complexity index is 1050. The first-order valence-electron chi connectivity index (χ1n) is 9.67. The Hall–Kier alpha value is -3.01. The normalized spacial score (nSPS) is 14.1.